The summed E-state index contributed by atoms with van der Waals surface area (Å²) in [6, 6.07) is 6.93. The van der Waals surface area contributed by atoms with E-state index in [1.807, 2.05) is 20.8 Å². The second kappa shape index (κ2) is 8.05. The number of esters is 1. The molecule has 0 bridgehead atoms. The Kier molecular flexibility index (Phi) is 6.26. The van der Waals surface area contributed by atoms with Gasteiger partial charge in [-0.05, 0) is 31.2 Å². The first-order valence-corrected chi connectivity index (χ1v) is 8.76. The van der Waals surface area contributed by atoms with Gasteiger partial charge in [0.25, 0.3) is 0 Å². The van der Waals surface area contributed by atoms with E-state index in [1.165, 1.54) is 7.11 Å². The van der Waals surface area contributed by atoms with Gasteiger partial charge in [0.15, 0.2) is 0 Å². The number of anilines is 1. The zero-order valence-corrected chi connectivity index (χ0v) is 15.8. The van der Waals surface area contributed by atoms with Crippen molar-refractivity contribution >= 4 is 17.6 Å². The molecule has 0 aromatic heterocycles. The van der Waals surface area contributed by atoms with Crippen LogP contribution < -0.4 is 15.8 Å². The van der Waals surface area contributed by atoms with Crippen molar-refractivity contribution in [2.24, 2.45) is 11.1 Å². The van der Waals surface area contributed by atoms with Gasteiger partial charge in [-0.3, -0.25) is 9.59 Å². The van der Waals surface area contributed by atoms with Crippen LogP contribution in [0.2, 0.25) is 0 Å². The summed E-state index contributed by atoms with van der Waals surface area (Å²) >= 11 is 0. The van der Waals surface area contributed by atoms with Crippen molar-refractivity contribution in [2.45, 2.75) is 45.3 Å². The third-order valence-electron chi connectivity index (χ3n) is 5.15. The number of nitrogens with one attached hydrogen (secondary N) is 1. The standard InChI is InChI=1S/C19H28N2O5/c1-5-25-15-12-19(20,18(15,2)3)17(23)21-13-6-8-14(9-7-13)26-11-10-16(22)24-4/h6-9,15H,5,10-12,20H2,1-4H3,(H,21,23). The van der Waals surface area contributed by atoms with Gasteiger partial charge in [0, 0.05) is 24.1 Å². The molecule has 0 aliphatic heterocycles. The Morgan fingerprint density at radius 2 is 1.92 bits per heavy atom. The van der Waals surface area contributed by atoms with E-state index in [2.05, 4.69) is 10.1 Å². The summed E-state index contributed by atoms with van der Waals surface area (Å²) in [5.41, 5.74) is 5.59. The third kappa shape index (κ3) is 3.99. The molecule has 2 atom stereocenters. The second-order valence-electron chi connectivity index (χ2n) is 6.99. The fourth-order valence-electron chi connectivity index (χ4n) is 3.05. The molecule has 0 spiro atoms. The van der Waals surface area contributed by atoms with Crippen molar-refractivity contribution in [1.29, 1.82) is 0 Å². The zero-order valence-electron chi connectivity index (χ0n) is 15.8. The van der Waals surface area contributed by atoms with E-state index in [-0.39, 0.29) is 31.0 Å². The largest absolute Gasteiger partial charge is 0.493 e. The molecule has 1 fully saturated rings. The molecule has 7 nitrogen and oxygen atoms in total. The van der Waals surface area contributed by atoms with Crippen LogP contribution in [0, 0.1) is 5.41 Å². The predicted octanol–water partition coefficient (Wildman–Crippen LogP) is 2.10. The Balaban J connectivity index is 1.90. The number of hydrogen-bond donors (Lipinski definition) is 2. The van der Waals surface area contributed by atoms with Gasteiger partial charge in [-0.15, -0.1) is 0 Å². The number of carbonyl (C=O) groups is 2. The highest BCUT2D eigenvalue weighted by molar-refractivity contribution is 5.99. The minimum Gasteiger partial charge on any atom is -0.493 e. The molecule has 0 saturated heterocycles. The first kappa shape index (κ1) is 20.2. The predicted molar refractivity (Wildman–Crippen MR) is 97.9 cm³/mol. The van der Waals surface area contributed by atoms with E-state index < -0.39 is 11.0 Å². The summed E-state index contributed by atoms with van der Waals surface area (Å²) in [7, 11) is 1.34. The lowest BCUT2D eigenvalue weighted by Gasteiger charge is -2.57. The van der Waals surface area contributed by atoms with Gasteiger partial charge < -0.3 is 25.3 Å². The molecule has 1 amide bonds. The molecule has 2 unspecified atom stereocenters. The maximum Gasteiger partial charge on any atom is 0.308 e. The van der Waals surface area contributed by atoms with Gasteiger partial charge in [0.1, 0.15) is 11.3 Å². The van der Waals surface area contributed by atoms with E-state index in [4.69, 9.17) is 15.2 Å². The zero-order chi connectivity index (χ0) is 19.4. The Bertz CT molecular complexity index is 644. The average Bonchev–Trinajstić information content (AvgIpc) is 2.62. The summed E-state index contributed by atoms with van der Waals surface area (Å²) in [5.74, 6) is 0.0585. The molecule has 3 N–H and O–H groups in total. The van der Waals surface area contributed by atoms with E-state index >= 15 is 0 Å². The molecule has 0 heterocycles. The summed E-state index contributed by atoms with van der Waals surface area (Å²) in [6.45, 7) is 6.67. The van der Waals surface area contributed by atoms with Crippen molar-refractivity contribution in [3.05, 3.63) is 24.3 Å². The monoisotopic (exact) mass is 364 g/mol. The van der Waals surface area contributed by atoms with Crippen molar-refractivity contribution in [3.63, 3.8) is 0 Å². The number of benzene rings is 1. The van der Waals surface area contributed by atoms with Crippen LogP contribution in [0.25, 0.3) is 0 Å². The number of methoxy groups -OCH3 is 1. The highest BCUT2D eigenvalue weighted by Crippen LogP contribution is 2.50. The second-order valence-corrected chi connectivity index (χ2v) is 6.99. The normalized spacial score (nSPS) is 23.7. The molecule has 144 valence electrons. The molecule has 2 rings (SSSR count). The minimum atomic E-state index is -0.970. The smallest absolute Gasteiger partial charge is 0.308 e. The molecule has 0 radical (unpaired) electrons. The molecule has 1 aromatic rings. The number of ether oxygens (including phenoxy) is 3. The number of rotatable bonds is 8. The van der Waals surface area contributed by atoms with Crippen LogP contribution in [0.4, 0.5) is 5.69 Å². The third-order valence-corrected chi connectivity index (χ3v) is 5.15. The van der Waals surface area contributed by atoms with Crippen LogP contribution in [0.5, 0.6) is 5.75 Å². The number of nitrogens with two attached hydrogens (primary N) is 1. The topological polar surface area (TPSA) is 99.9 Å². The summed E-state index contributed by atoms with van der Waals surface area (Å²) in [4.78, 5) is 23.7. The van der Waals surface area contributed by atoms with Crippen molar-refractivity contribution < 1.29 is 23.8 Å². The number of amides is 1. The number of carbonyl (C=O) groups excluding carboxylic acids is 2. The molecule has 1 aliphatic carbocycles. The van der Waals surface area contributed by atoms with E-state index in [1.54, 1.807) is 24.3 Å². The van der Waals surface area contributed by atoms with Gasteiger partial charge in [-0.25, -0.2) is 0 Å². The molecule has 26 heavy (non-hydrogen) atoms. The Morgan fingerprint density at radius 3 is 2.46 bits per heavy atom. The van der Waals surface area contributed by atoms with Crippen molar-refractivity contribution in [2.75, 3.05) is 25.6 Å². The summed E-state index contributed by atoms with van der Waals surface area (Å²) in [5, 5.41) is 2.86. The van der Waals surface area contributed by atoms with E-state index in [0.29, 0.717) is 24.5 Å². The van der Waals surface area contributed by atoms with Gasteiger partial charge >= 0.3 is 5.97 Å². The fraction of sp³-hybridized carbons (Fsp3) is 0.579. The first-order valence-electron chi connectivity index (χ1n) is 8.76. The summed E-state index contributed by atoms with van der Waals surface area (Å²) in [6.07, 6.45) is 0.656. The lowest BCUT2D eigenvalue weighted by Crippen LogP contribution is -2.74. The molecule has 1 aromatic carbocycles. The molecule has 1 aliphatic rings. The SMILES string of the molecule is CCOC1CC(N)(C(=O)Nc2ccc(OCCC(=O)OC)cc2)C1(C)C. The van der Waals surface area contributed by atoms with Crippen LogP contribution in [-0.2, 0) is 19.1 Å². The van der Waals surface area contributed by atoms with Crippen LogP contribution in [-0.4, -0.2) is 43.8 Å². The molecular weight excluding hydrogens is 336 g/mol. The van der Waals surface area contributed by atoms with Crippen LogP contribution in [0.3, 0.4) is 0 Å². The molecule has 1 saturated carbocycles. The Morgan fingerprint density at radius 1 is 1.27 bits per heavy atom. The van der Waals surface area contributed by atoms with E-state index in [0.717, 1.165) is 0 Å². The van der Waals surface area contributed by atoms with Gasteiger partial charge in [0.2, 0.25) is 5.91 Å². The van der Waals surface area contributed by atoms with E-state index in [9.17, 15) is 9.59 Å². The lowest BCUT2D eigenvalue weighted by molar-refractivity contribution is -0.166. The summed E-state index contributed by atoms with van der Waals surface area (Å²) < 4.78 is 15.7. The molecule has 7 heteroatoms. The van der Waals surface area contributed by atoms with Crippen LogP contribution in [0.1, 0.15) is 33.6 Å². The van der Waals surface area contributed by atoms with Gasteiger partial charge in [-0.2, -0.15) is 0 Å². The van der Waals surface area contributed by atoms with Crippen molar-refractivity contribution in [1.82, 2.24) is 0 Å². The Hall–Kier alpha value is -2.12. The van der Waals surface area contributed by atoms with Crippen LogP contribution in [0.15, 0.2) is 24.3 Å². The maximum atomic E-state index is 12.7. The van der Waals surface area contributed by atoms with Gasteiger partial charge in [0.05, 0.1) is 26.2 Å². The quantitative estimate of drug-likeness (QED) is 0.685. The van der Waals surface area contributed by atoms with Crippen molar-refractivity contribution in [3.8, 4) is 5.75 Å². The Labute approximate surface area is 154 Å². The fourth-order valence-corrected chi connectivity index (χ4v) is 3.05. The number of hydrogen-bond acceptors (Lipinski definition) is 6. The maximum absolute atomic E-state index is 12.7. The highest BCUT2D eigenvalue weighted by Gasteiger charge is 2.62. The highest BCUT2D eigenvalue weighted by atomic mass is 16.5. The average molecular weight is 364 g/mol. The van der Waals surface area contributed by atoms with Crippen LogP contribution >= 0.6 is 0 Å². The van der Waals surface area contributed by atoms with Gasteiger partial charge in [-0.1, -0.05) is 13.8 Å². The lowest BCUT2D eigenvalue weighted by atomic mass is 9.54. The molecular formula is C19H28N2O5. The first-order chi connectivity index (χ1) is 12.2. The minimum absolute atomic E-state index is 0.0196.